The Morgan fingerprint density at radius 1 is 1.47 bits per heavy atom. The lowest BCUT2D eigenvalue weighted by Gasteiger charge is -2.35. The second-order valence-corrected chi connectivity index (χ2v) is 7.62. The number of rotatable bonds is 3. The van der Waals surface area contributed by atoms with Crippen LogP contribution in [0.1, 0.15) is 12.5 Å². The summed E-state index contributed by atoms with van der Waals surface area (Å²) >= 11 is 6.30. The van der Waals surface area contributed by atoms with Crippen molar-refractivity contribution in [2.24, 2.45) is 5.73 Å². The molecule has 1 heterocycles. The molecule has 0 saturated carbocycles. The Balaban J connectivity index is 2.23. The average Bonchev–Trinajstić information content (AvgIpc) is 2.30. The highest BCUT2D eigenvalue weighted by atomic mass is 35.5. The zero-order valence-electron chi connectivity index (χ0n) is 11.0. The van der Waals surface area contributed by atoms with Crippen molar-refractivity contribution >= 4 is 27.1 Å². The molecule has 6 heteroatoms. The summed E-state index contributed by atoms with van der Waals surface area (Å²) in [7, 11) is -2.90. The highest BCUT2D eigenvalue weighted by Gasteiger charge is 2.29. The summed E-state index contributed by atoms with van der Waals surface area (Å²) in [5, 5.41) is 0.664. The van der Waals surface area contributed by atoms with Gasteiger partial charge in [-0.15, -0.1) is 0 Å². The third kappa shape index (κ3) is 3.41. The number of benzene rings is 1. The Bertz CT molecular complexity index is 560. The molecule has 2 N–H and O–H groups in total. The van der Waals surface area contributed by atoms with E-state index in [2.05, 4.69) is 4.90 Å². The molecule has 1 aromatic carbocycles. The fourth-order valence-electron chi connectivity index (χ4n) is 2.46. The van der Waals surface area contributed by atoms with Gasteiger partial charge in [-0.3, -0.25) is 0 Å². The fraction of sp³-hybridized carbons (Fsp3) is 0.538. The number of anilines is 1. The highest BCUT2D eigenvalue weighted by molar-refractivity contribution is 7.91. The van der Waals surface area contributed by atoms with Crippen LogP contribution in [0.2, 0.25) is 5.02 Å². The van der Waals surface area contributed by atoms with Gasteiger partial charge in [-0.05, 0) is 37.6 Å². The molecule has 1 atom stereocenters. The number of nitrogens with two attached hydrogens (primary N) is 1. The first-order chi connectivity index (χ1) is 8.93. The van der Waals surface area contributed by atoms with E-state index in [1.54, 1.807) is 0 Å². The minimum atomic E-state index is -2.90. The molecule has 19 heavy (non-hydrogen) atoms. The monoisotopic (exact) mass is 302 g/mol. The number of nitrogens with zero attached hydrogens (tertiary/aromatic N) is 1. The van der Waals surface area contributed by atoms with Gasteiger partial charge in [0.1, 0.15) is 0 Å². The Labute approximate surface area is 119 Å². The molecule has 1 aromatic rings. The molecular weight excluding hydrogens is 284 g/mol. The summed E-state index contributed by atoms with van der Waals surface area (Å²) in [4.78, 5) is 2.07. The van der Waals surface area contributed by atoms with Crippen LogP contribution in [0.25, 0.3) is 0 Å². The van der Waals surface area contributed by atoms with Gasteiger partial charge < -0.3 is 10.6 Å². The van der Waals surface area contributed by atoms with E-state index in [-0.39, 0.29) is 17.5 Å². The standard InChI is InChI=1S/C13H19ClN2O2S/c1-10-9-19(17,18)7-6-16(10)13-3-2-11(4-5-15)8-12(13)14/h2-3,8,10H,4-7,9,15H2,1H3. The molecule has 106 valence electrons. The first-order valence-electron chi connectivity index (χ1n) is 6.38. The molecule has 0 spiro atoms. The molecule has 1 aliphatic heterocycles. The average molecular weight is 303 g/mol. The molecular formula is C13H19ClN2O2S. The molecule has 0 aliphatic carbocycles. The van der Waals surface area contributed by atoms with Crippen LogP contribution in [0.15, 0.2) is 18.2 Å². The van der Waals surface area contributed by atoms with Crippen molar-refractivity contribution in [3.63, 3.8) is 0 Å². The predicted octanol–water partition coefficient (Wildman–Crippen LogP) is 1.46. The number of halogens is 1. The van der Waals surface area contributed by atoms with Crippen molar-refractivity contribution in [1.29, 1.82) is 0 Å². The van der Waals surface area contributed by atoms with Gasteiger partial charge in [-0.2, -0.15) is 0 Å². The number of sulfone groups is 1. The quantitative estimate of drug-likeness (QED) is 0.918. The minimum Gasteiger partial charge on any atom is -0.366 e. The van der Waals surface area contributed by atoms with E-state index in [1.807, 2.05) is 25.1 Å². The molecule has 0 radical (unpaired) electrons. The van der Waals surface area contributed by atoms with Crippen molar-refractivity contribution in [3.05, 3.63) is 28.8 Å². The van der Waals surface area contributed by atoms with Crippen molar-refractivity contribution < 1.29 is 8.42 Å². The molecule has 0 bridgehead atoms. The Kier molecular flexibility index (Phi) is 4.38. The molecule has 2 rings (SSSR count). The van der Waals surface area contributed by atoms with E-state index < -0.39 is 9.84 Å². The topological polar surface area (TPSA) is 63.4 Å². The first-order valence-corrected chi connectivity index (χ1v) is 8.58. The smallest absolute Gasteiger partial charge is 0.154 e. The van der Waals surface area contributed by atoms with Crippen LogP contribution in [-0.4, -0.2) is 39.1 Å². The lowest BCUT2D eigenvalue weighted by atomic mass is 10.1. The molecule has 4 nitrogen and oxygen atoms in total. The van der Waals surface area contributed by atoms with Crippen LogP contribution >= 0.6 is 11.6 Å². The lowest BCUT2D eigenvalue weighted by molar-refractivity contribution is 0.568. The molecule has 1 aliphatic rings. The van der Waals surface area contributed by atoms with Crippen LogP contribution < -0.4 is 10.6 Å². The minimum absolute atomic E-state index is 0.0448. The summed E-state index contributed by atoms with van der Waals surface area (Å²) in [5.41, 5.74) is 7.54. The van der Waals surface area contributed by atoms with E-state index in [1.165, 1.54) is 0 Å². The van der Waals surface area contributed by atoms with Crippen LogP contribution in [0.5, 0.6) is 0 Å². The van der Waals surface area contributed by atoms with Crippen molar-refractivity contribution in [2.75, 3.05) is 29.5 Å². The summed E-state index contributed by atoms with van der Waals surface area (Å²) < 4.78 is 23.2. The second kappa shape index (κ2) is 5.69. The van der Waals surface area contributed by atoms with Gasteiger partial charge in [0.15, 0.2) is 9.84 Å². The largest absolute Gasteiger partial charge is 0.366 e. The maximum Gasteiger partial charge on any atom is 0.154 e. The third-order valence-corrected chi connectivity index (χ3v) is 5.52. The van der Waals surface area contributed by atoms with E-state index in [9.17, 15) is 8.42 Å². The first kappa shape index (κ1) is 14.6. The van der Waals surface area contributed by atoms with Gasteiger partial charge >= 0.3 is 0 Å². The molecule has 1 unspecified atom stereocenters. The van der Waals surface area contributed by atoms with E-state index in [4.69, 9.17) is 17.3 Å². The lowest BCUT2D eigenvalue weighted by Crippen LogP contribution is -2.47. The molecule has 0 aromatic heterocycles. The van der Waals surface area contributed by atoms with Crippen LogP contribution in [0.3, 0.4) is 0 Å². The number of hydrogen-bond donors (Lipinski definition) is 1. The molecule has 0 amide bonds. The van der Waals surface area contributed by atoms with Gasteiger partial charge in [0.05, 0.1) is 22.2 Å². The van der Waals surface area contributed by atoms with E-state index in [0.29, 0.717) is 18.1 Å². The van der Waals surface area contributed by atoms with Gasteiger partial charge in [-0.1, -0.05) is 17.7 Å². The van der Waals surface area contributed by atoms with Crippen LogP contribution in [0, 0.1) is 0 Å². The third-order valence-electron chi connectivity index (χ3n) is 3.42. The van der Waals surface area contributed by atoms with Crippen molar-refractivity contribution in [2.45, 2.75) is 19.4 Å². The summed E-state index contributed by atoms with van der Waals surface area (Å²) in [6.07, 6.45) is 0.796. The normalized spacial score (nSPS) is 22.5. The maximum atomic E-state index is 11.6. The Morgan fingerprint density at radius 2 is 2.21 bits per heavy atom. The maximum absolute atomic E-state index is 11.6. The zero-order chi connectivity index (χ0) is 14.0. The van der Waals surface area contributed by atoms with E-state index in [0.717, 1.165) is 17.7 Å². The second-order valence-electron chi connectivity index (χ2n) is 4.98. The van der Waals surface area contributed by atoms with Crippen LogP contribution in [0.4, 0.5) is 5.69 Å². The Hall–Kier alpha value is -0.780. The van der Waals surface area contributed by atoms with Crippen LogP contribution in [-0.2, 0) is 16.3 Å². The van der Waals surface area contributed by atoms with Crippen molar-refractivity contribution in [1.82, 2.24) is 0 Å². The van der Waals surface area contributed by atoms with Gasteiger partial charge in [0.25, 0.3) is 0 Å². The highest BCUT2D eigenvalue weighted by Crippen LogP contribution is 2.30. The summed E-state index contributed by atoms with van der Waals surface area (Å²) in [6, 6.07) is 5.84. The fourth-order valence-corrected chi connectivity index (χ4v) is 4.33. The zero-order valence-corrected chi connectivity index (χ0v) is 12.5. The predicted molar refractivity (Wildman–Crippen MR) is 79.7 cm³/mol. The SMILES string of the molecule is CC1CS(=O)(=O)CCN1c1ccc(CCN)cc1Cl. The Morgan fingerprint density at radius 3 is 2.79 bits per heavy atom. The van der Waals surface area contributed by atoms with Crippen molar-refractivity contribution in [3.8, 4) is 0 Å². The number of hydrogen-bond acceptors (Lipinski definition) is 4. The molecule has 1 saturated heterocycles. The summed E-state index contributed by atoms with van der Waals surface area (Å²) in [5.74, 6) is 0.381. The van der Waals surface area contributed by atoms with Gasteiger partial charge in [0, 0.05) is 12.6 Å². The van der Waals surface area contributed by atoms with E-state index >= 15 is 0 Å². The van der Waals surface area contributed by atoms with Gasteiger partial charge in [-0.25, -0.2) is 8.42 Å². The summed E-state index contributed by atoms with van der Waals surface area (Å²) in [6.45, 7) is 3.01. The molecule has 1 fully saturated rings. The van der Waals surface area contributed by atoms with Gasteiger partial charge in [0.2, 0.25) is 0 Å².